The summed E-state index contributed by atoms with van der Waals surface area (Å²) in [5.41, 5.74) is 2.70. The van der Waals surface area contributed by atoms with Gasteiger partial charge in [0, 0.05) is 18.5 Å². The second-order valence-electron chi connectivity index (χ2n) is 5.31. The second-order valence-corrected chi connectivity index (χ2v) is 5.31. The molecule has 6 heteroatoms. The highest BCUT2D eigenvalue weighted by molar-refractivity contribution is 5.90. The minimum atomic E-state index is -0.0897. The van der Waals surface area contributed by atoms with Crippen LogP contribution < -0.4 is 5.32 Å². The van der Waals surface area contributed by atoms with Crippen molar-refractivity contribution < 1.29 is 13.6 Å². The molecule has 0 saturated heterocycles. The Balaban J connectivity index is 1.56. The summed E-state index contributed by atoms with van der Waals surface area (Å²) >= 11 is 0. The van der Waals surface area contributed by atoms with E-state index in [9.17, 15) is 4.79 Å². The number of furan rings is 1. The van der Waals surface area contributed by atoms with Gasteiger partial charge in [0.1, 0.15) is 5.76 Å². The van der Waals surface area contributed by atoms with Crippen LogP contribution in [0.15, 0.2) is 45.4 Å². The third kappa shape index (κ3) is 3.66. The molecule has 3 aromatic rings. The van der Waals surface area contributed by atoms with Gasteiger partial charge in [0.25, 0.3) is 5.89 Å². The van der Waals surface area contributed by atoms with E-state index in [0.717, 1.165) is 22.6 Å². The summed E-state index contributed by atoms with van der Waals surface area (Å²) in [5.74, 6) is 1.47. The Morgan fingerprint density at radius 2 is 1.91 bits per heavy atom. The first kappa shape index (κ1) is 15.0. The van der Waals surface area contributed by atoms with Gasteiger partial charge in [-0.3, -0.25) is 4.79 Å². The lowest BCUT2D eigenvalue weighted by molar-refractivity contribution is -0.116. The number of benzene rings is 1. The summed E-state index contributed by atoms with van der Waals surface area (Å²) in [6, 6.07) is 9.43. The number of nitrogens with zero attached hydrogens (tertiary/aromatic N) is 2. The van der Waals surface area contributed by atoms with Crippen LogP contribution in [0.4, 0.5) is 5.69 Å². The zero-order valence-corrected chi connectivity index (χ0v) is 13.0. The van der Waals surface area contributed by atoms with Crippen LogP contribution in [-0.2, 0) is 11.2 Å². The van der Waals surface area contributed by atoms with Gasteiger partial charge in [0.2, 0.25) is 11.8 Å². The monoisotopic (exact) mass is 311 g/mol. The molecule has 118 valence electrons. The average Bonchev–Trinajstić information content (AvgIpc) is 3.16. The zero-order valence-electron chi connectivity index (χ0n) is 13.0. The van der Waals surface area contributed by atoms with E-state index in [1.807, 2.05) is 38.1 Å². The fourth-order valence-electron chi connectivity index (χ4n) is 2.15. The molecular weight excluding hydrogens is 294 g/mol. The molecule has 0 atom stereocenters. The topological polar surface area (TPSA) is 81.2 Å². The van der Waals surface area contributed by atoms with Crippen molar-refractivity contribution in [1.82, 2.24) is 10.2 Å². The van der Waals surface area contributed by atoms with Crippen molar-refractivity contribution in [3.8, 4) is 11.5 Å². The minimum absolute atomic E-state index is 0.0897. The predicted octanol–water partition coefficient (Wildman–Crippen LogP) is 3.52. The standard InChI is InChI=1S/C17H17N3O3/c1-11-3-5-13(6-4-11)18-15(21)7-8-16-19-20-17(23-16)14-9-10-22-12(14)2/h3-6,9-10H,7-8H2,1-2H3,(H,18,21). The Morgan fingerprint density at radius 1 is 1.13 bits per heavy atom. The van der Waals surface area contributed by atoms with Gasteiger partial charge in [-0.2, -0.15) is 0 Å². The van der Waals surface area contributed by atoms with Crippen LogP contribution in [0, 0.1) is 13.8 Å². The van der Waals surface area contributed by atoms with E-state index in [-0.39, 0.29) is 12.3 Å². The van der Waals surface area contributed by atoms with Crippen molar-refractivity contribution in [1.29, 1.82) is 0 Å². The third-order valence-corrected chi connectivity index (χ3v) is 3.46. The number of hydrogen-bond acceptors (Lipinski definition) is 5. The minimum Gasteiger partial charge on any atom is -0.469 e. The SMILES string of the molecule is Cc1ccc(NC(=O)CCc2nnc(-c3ccoc3C)o2)cc1. The molecule has 6 nitrogen and oxygen atoms in total. The molecule has 23 heavy (non-hydrogen) atoms. The molecule has 0 fully saturated rings. The molecule has 1 aromatic carbocycles. The Labute approximate surface area is 133 Å². The van der Waals surface area contributed by atoms with Crippen molar-refractivity contribution in [2.75, 3.05) is 5.32 Å². The van der Waals surface area contributed by atoms with E-state index in [1.165, 1.54) is 0 Å². The molecule has 2 aromatic heterocycles. The van der Waals surface area contributed by atoms with E-state index in [2.05, 4.69) is 15.5 Å². The van der Waals surface area contributed by atoms with E-state index in [1.54, 1.807) is 12.3 Å². The molecule has 0 bridgehead atoms. The first-order valence-electron chi connectivity index (χ1n) is 7.35. The van der Waals surface area contributed by atoms with Crippen LogP contribution in [0.2, 0.25) is 0 Å². The number of hydrogen-bond donors (Lipinski definition) is 1. The van der Waals surface area contributed by atoms with Crippen LogP contribution in [0.3, 0.4) is 0 Å². The Morgan fingerprint density at radius 3 is 2.61 bits per heavy atom. The quantitative estimate of drug-likeness (QED) is 0.779. The summed E-state index contributed by atoms with van der Waals surface area (Å²) in [5, 5.41) is 10.8. The zero-order chi connectivity index (χ0) is 16.2. The summed E-state index contributed by atoms with van der Waals surface area (Å²) in [6.07, 6.45) is 2.24. The molecule has 1 N–H and O–H groups in total. The van der Waals surface area contributed by atoms with E-state index < -0.39 is 0 Å². The number of anilines is 1. The molecule has 0 aliphatic carbocycles. The number of nitrogens with one attached hydrogen (secondary N) is 1. The van der Waals surface area contributed by atoms with Crippen molar-refractivity contribution in [3.63, 3.8) is 0 Å². The first-order valence-corrected chi connectivity index (χ1v) is 7.35. The number of rotatable bonds is 5. The largest absolute Gasteiger partial charge is 0.469 e. The smallest absolute Gasteiger partial charge is 0.251 e. The summed E-state index contributed by atoms with van der Waals surface area (Å²) in [4.78, 5) is 11.9. The van der Waals surface area contributed by atoms with E-state index in [4.69, 9.17) is 8.83 Å². The molecule has 0 aliphatic rings. The fourth-order valence-corrected chi connectivity index (χ4v) is 2.15. The highest BCUT2D eigenvalue weighted by atomic mass is 16.4. The van der Waals surface area contributed by atoms with Gasteiger partial charge in [-0.25, -0.2) is 0 Å². The number of carbonyl (C=O) groups excluding carboxylic acids is 1. The van der Waals surface area contributed by atoms with E-state index in [0.29, 0.717) is 18.2 Å². The normalized spacial score (nSPS) is 10.7. The van der Waals surface area contributed by atoms with Crippen molar-refractivity contribution in [2.24, 2.45) is 0 Å². The summed E-state index contributed by atoms with van der Waals surface area (Å²) in [6.45, 7) is 3.83. The van der Waals surface area contributed by atoms with Crippen LogP contribution >= 0.6 is 0 Å². The Kier molecular flexibility index (Phi) is 4.23. The number of aryl methyl sites for hydroxylation is 3. The third-order valence-electron chi connectivity index (χ3n) is 3.46. The van der Waals surface area contributed by atoms with Crippen LogP contribution in [0.5, 0.6) is 0 Å². The lowest BCUT2D eigenvalue weighted by Gasteiger charge is -2.04. The van der Waals surface area contributed by atoms with Crippen LogP contribution in [0.25, 0.3) is 11.5 Å². The molecule has 2 heterocycles. The molecule has 0 unspecified atom stereocenters. The number of amides is 1. The van der Waals surface area contributed by atoms with Gasteiger partial charge >= 0.3 is 0 Å². The predicted molar refractivity (Wildman–Crippen MR) is 84.9 cm³/mol. The molecule has 0 radical (unpaired) electrons. The summed E-state index contributed by atoms with van der Waals surface area (Å²) in [7, 11) is 0. The number of carbonyl (C=O) groups is 1. The number of aromatic nitrogens is 2. The molecule has 0 aliphatic heterocycles. The van der Waals surface area contributed by atoms with Gasteiger partial charge in [-0.1, -0.05) is 17.7 Å². The van der Waals surface area contributed by atoms with Crippen molar-refractivity contribution >= 4 is 11.6 Å². The van der Waals surface area contributed by atoms with Gasteiger partial charge in [0.05, 0.1) is 11.8 Å². The summed E-state index contributed by atoms with van der Waals surface area (Å²) < 4.78 is 10.8. The van der Waals surface area contributed by atoms with Gasteiger partial charge in [-0.05, 0) is 32.0 Å². The molecule has 0 saturated carbocycles. The Bertz CT molecular complexity index is 803. The lowest BCUT2D eigenvalue weighted by Crippen LogP contribution is -2.12. The van der Waals surface area contributed by atoms with Crippen molar-refractivity contribution in [2.45, 2.75) is 26.7 Å². The highest BCUT2D eigenvalue weighted by Crippen LogP contribution is 2.23. The van der Waals surface area contributed by atoms with Gasteiger partial charge in [-0.15, -0.1) is 10.2 Å². The maximum atomic E-state index is 11.9. The van der Waals surface area contributed by atoms with E-state index >= 15 is 0 Å². The maximum absolute atomic E-state index is 11.9. The van der Waals surface area contributed by atoms with Gasteiger partial charge < -0.3 is 14.2 Å². The lowest BCUT2D eigenvalue weighted by atomic mass is 10.2. The molecule has 0 spiro atoms. The highest BCUT2D eigenvalue weighted by Gasteiger charge is 2.13. The maximum Gasteiger partial charge on any atom is 0.251 e. The molecule has 3 rings (SSSR count). The first-order chi connectivity index (χ1) is 11.1. The van der Waals surface area contributed by atoms with Crippen molar-refractivity contribution in [3.05, 3.63) is 53.8 Å². The average molecular weight is 311 g/mol. The second kappa shape index (κ2) is 6.48. The molecule has 1 amide bonds. The van der Waals surface area contributed by atoms with Gasteiger partial charge in [0.15, 0.2) is 0 Å². The molecular formula is C17H17N3O3. The Hall–Kier alpha value is -2.89. The fraction of sp³-hybridized carbons (Fsp3) is 0.235. The van der Waals surface area contributed by atoms with Crippen LogP contribution in [0.1, 0.15) is 23.6 Å². The van der Waals surface area contributed by atoms with Crippen LogP contribution in [-0.4, -0.2) is 16.1 Å².